The van der Waals surface area contributed by atoms with Crippen molar-refractivity contribution in [3.8, 4) is 0 Å². The number of methoxy groups -OCH3 is 1. The summed E-state index contributed by atoms with van der Waals surface area (Å²) in [7, 11) is 1.09. The number of esters is 2. The molecule has 0 aromatic rings. The second-order valence-electron chi connectivity index (χ2n) is 6.68. The molecule has 3 aliphatic rings. The minimum atomic E-state index is -2.28. The Morgan fingerprint density at radius 1 is 1.21 bits per heavy atom. The van der Waals surface area contributed by atoms with Gasteiger partial charge in [-0.2, -0.15) is 0 Å². The first-order valence-electron chi connectivity index (χ1n) is 8.18. The third-order valence-electron chi connectivity index (χ3n) is 4.97. The molecule has 1 saturated heterocycles. The number of carbonyl (C=O) groups excluding carboxylic acids is 3. The third kappa shape index (κ3) is 2.72. The van der Waals surface area contributed by atoms with Crippen LogP contribution >= 0.6 is 0 Å². The number of hydrogen-bond acceptors (Lipinski definition) is 8. The molecule has 0 bridgehead atoms. The Bertz CT molecular complexity index is 552. The van der Waals surface area contributed by atoms with Gasteiger partial charge in [0, 0.05) is 19.8 Å². The van der Waals surface area contributed by atoms with E-state index in [4.69, 9.17) is 14.2 Å². The van der Waals surface area contributed by atoms with Gasteiger partial charge in [-0.05, 0) is 12.8 Å². The van der Waals surface area contributed by atoms with Crippen molar-refractivity contribution < 1.29 is 38.4 Å². The molecule has 134 valence electrons. The van der Waals surface area contributed by atoms with Gasteiger partial charge in [-0.3, -0.25) is 9.59 Å². The molecule has 1 heterocycles. The number of aliphatic hydroxyl groups is 1. The summed E-state index contributed by atoms with van der Waals surface area (Å²) >= 11 is 0. The van der Waals surface area contributed by atoms with E-state index in [1.54, 1.807) is 0 Å². The van der Waals surface area contributed by atoms with Gasteiger partial charge in [0.15, 0.2) is 17.7 Å². The van der Waals surface area contributed by atoms with Gasteiger partial charge < -0.3 is 24.1 Å². The van der Waals surface area contributed by atoms with E-state index in [1.165, 1.54) is 0 Å². The zero-order valence-corrected chi connectivity index (χ0v) is 13.8. The molecule has 0 aromatic carbocycles. The monoisotopic (exact) mass is 342 g/mol. The van der Waals surface area contributed by atoms with Crippen molar-refractivity contribution in [1.82, 2.24) is 0 Å². The number of fused-ring (bicyclic) bond motifs is 1. The van der Waals surface area contributed by atoms with Crippen molar-refractivity contribution in [2.75, 3.05) is 7.11 Å². The standard InChI is InChI=1S/C16H22O8/c1-9(17)22-13-12-11(10(18)8-16(13,20)14(19)21-2)23-15(24-12)6-4-3-5-7-15/h11-13,20H,3-8H2,1-2H3/t11-,12-,13+,16-/m1/s1. The predicted octanol–water partition coefficient (Wildman–Crippen LogP) is 0.239. The van der Waals surface area contributed by atoms with Crippen LogP contribution in [0.1, 0.15) is 45.4 Å². The Balaban J connectivity index is 1.94. The smallest absolute Gasteiger partial charge is 0.342 e. The van der Waals surface area contributed by atoms with Gasteiger partial charge in [0.05, 0.1) is 13.5 Å². The molecule has 0 radical (unpaired) electrons. The minimum absolute atomic E-state index is 0.459. The number of ketones is 1. The number of Topliss-reactive ketones (excluding diaryl/α,β-unsaturated/α-hetero) is 1. The summed E-state index contributed by atoms with van der Waals surface area (Å²) in [5.74, 6) is -3.10. The first kappa shape index (κ1) is 17.3. The summed E-state index contributed by atoms with van der Waals surface area (Å²) < 4.78 is 21.7. The molecular weight excluding hydrogens is 320 g/mol. The van der Waals surface area contributed by atoms with Crippen molar-refractivity contribution in [3.63, 3.8) is 0 Å². The SMILES string of the molecule is COC(=O)[C@@]1(O)CC(=O)[C@H]2OC3(CCCCC3)O[C@H]2[C@@H]1OC(C)=O. The van der Waals surface area contributed by atoms with Crippen LogP contribution in [0.15, 0.2) is 0 Å². The summed E-state index contributed by atoms with van der Waals surface area (Å²) in [5.41, 5.74) is -2.28. The summed E-state index contributed by atoms with van der Waals surface area (Å²) in [6.45, 7) is 1.16. The van der Waals surface area contributed by atoms with Gasteiger partial charge >= 0.3 is 11.9 Å². The molecule has 2 aliphatic carbocycles. The molecule has 4 atom stereocenters. The van der Waals surface area contributed by atoms with Crippen molar-refractivity contribution >= 4 is 17.7 Å². The summed E-state index contributed by atoms with van der Waals surface area (Å²) in [5, 5.41) is 10.7. The van der Waals surface area contributed by atoms with Crippen LogP contribution in [0.3, 0.4) is 0 Å². The van der Waals surface area contributed by atoms with E-state index >= 15 is 0 Å². The van der Waals surface area contributed by atoms with Gasteiger partial charge in [0.2, 0.25) is 5.60 Å². The molecular formula is C16H22O8. The number of hydrogen-bond donors (Lipinski definition) is 1. The quantitative estimate of drug-likeness (QED) is 0.711. The number of rotatable bonds is 2. The molecule has 0 aromatic heterocycles. The minimum Gasteiger partial charge on any atom is -0.467 e. The number of ether oxygens (including phenoxy) is 4. The lowest BCUT2D eigenvalue weighted by Crippen LogP contribution is -2.65. The highest BCUT2D eigenvalue weighted by Crippen LogP contribution is 2.46. The molecule has 3 fully saturated rings. The second-order valence-corrected chi connectivity index (χ2v) is 6.68. The van der Waals surface area contributed by atoms with Crippen LogP contribution in [0.2, 0.25) is 0 Å². The zero-order chi connectivity index (χ0) is 17.5. The zero-order valence-electron chi connectivity index (χ0n) is 13.8. The Kier molecular flexibility index (Phi) is 4.39. The van der Waals surface area contributed by atoms with E-state index in [0.29, 0.717) is 12.8 Å². The lowest BCUT2D eigenvalue weighted by atomic mass is 9.78. The summed E-state index contributed by atoms with van der Waals surface area (Å²) in [6, 6.07) is 0. The van der Waals surface area contributed by atoms with Crippen molar-refractivity contribution in [2.24, 2.45) is 0 Å². The maximum absolute atomic E-state index is 12.5. The predicted molar refractivity (Wildman–Crippen MR) is 77.7 cm³/mol. The Morgan fingerprint density at radius 3 is 2.46 bits per heavy atom. The van der Waals surface area contributed by atoms with Crippen molar-refractivity contribution in [2.45, 2.75) is 75.1 Å². The van der Waals surface area contributed by atoms with E-state index in [2.05, 4.69) is 4.74 Å². The van der Waals surface area contributed by atoms with Gasteiger partial charge in [-0.1, -0.05) is 6.42 Å². The van der Waals surface area contributed by atoms with Gasteiger partial charge in [-0.25, -0.2) is 4.79 Å². The lowest BCUT2D eigenvalue weighted by molar-refractivity contribution is -0.222. The largest absolute Gasteiger partial charge is 0.467 e. The normalized spacial score (nSPS) is 37.8. The second kappa shape index (κ2) is 6.09. The van der Waals surface area contributed by atoms with Crippen LogP contribution < -0.4 is 0 Å². The highest BCUT2D eigenvalue weighted by atomic mass is 16.8. The van der Waals surface area contributed by atoms with E-state index in [9.17, 15) is 19.5 Å². The average molecular weight is 342 g/mol. The first-order chi connectivity index (χ1) is 11.3. The summed E-state index contributed by atoms with van der Waals surface area (Å²) in [4.78, 5) is 36.0. The molecule has 3 rings (SSSR count). The van der Waals surface area contributed by atoms with Crippen LogP contribution in [-0.2, 0) is 33.3 Å². The summed E-state index contributed by atoms with van der Waals surface area (Å²) in [6.07, 6.45) is 0.199. The maximum Gasteiger partial charge on any atom is 0.342 e. The van der Waals surface area contributed by atoms with Gasteiger partial charge in [-0.15, -0.1) is 0 Å². The van der Waals surface area contributed by atoms with Crippen LogP contribution in [0.25, 0.3) is 0 Å². The Hall–Kier alpha value is -1.51. The fraction of sp³-hybridized carbons (Fsp3) is 0.812. The average Bonchev–Trinajstić information content (AvgIpc) is 2.90. The molecule has 1 aliphatic heterocycles. The van der Waals surface area contributed by atoms with Crippen LogP contribution in [0.4, 0.5) is 0 Å². The van der Waals surface area contributed by atoms with E-state index in [0.717, 1.165) is 33.3 Å². The van der Waals surface area contributed by atoms with Crippen LogP contribution in [-0.4, -0.2) is 59.6 Å². The molecule has 0 amide bonds. The Morgan fingerprint density at radius 2 is 1.88 bits per heavy atom. The van der Waals surface area contributed by atoms with E-state index < -0.39 is 53.8 Å². The molecule has 8 heteroatoms. The Labute approximate surface area is 139 Å². The maximum atomic E-state index is 12.5. The highest BCUT2D eigenvalue weighted by molar-refractivity contribution is 5.94. The van der Waals surface area contributed by atoms with Crippen LogP contribution in [0, 0.1) is 0 Å². The topological polar surface area (TPSA) is 108 Å². The van der Waals surface area contributed by atoms with Gasteiger partial charge in [0.25, 0.3) is 0 Å². The van der Waals surface area contributed by atoms with Gasteiger partial charge in [0.1, 0.15) is 12.2 Å². The molecule has 0 unspecified atom stereocenters. The van der Waals surface area contributed by atoms with Crippen molar-refractivity contribution in [1.29, 1.82) is 0 Å². The molecule has 1 spiro atoms. The third-order valence-corrected chi connectivity index (χ3v) is 4.97. The number of carbonyl (C=O) groups is 3. The molecule has 2 saturated carbocycles. The highest BCUT2D eigenvalue weighted by Gasteiger charge is 2.65. The molecule has 24 heavy (non-hydrogen) atoms. The molecule has 8 nitrogen and oxygen atoms in total. The van der Waals surface area contributed by atoms with E-state index in [-0.39, 0.29) is 0 Å². The first-order valence-corrected chi connectivity index (χ1v) is 8.18. The van der Waals surface area contributed by atoms with Crippen molar-refractivity contribution in [3.05, 3.63) is 0 Å². The fourth-order valence-electron chi connectivity index (χ4n) is 3.88. The van der Waals surface area contributed by atoms with E-state index in [1.807, 2.05) is 0 Å². The van der Waals surface area contributed by atoms with Crippen LogP contribution in [0.5, 0.6) is 0 Å². The molecule has 1 N–H and O–H groups in total. The lowest BCUT2D eigenvalue weighted by Gasteiger charge is -2.40. The fourth-order valence-corrected chi connectivity index (χ4v) is 3.88.